The second-order valence-electron chi connectivity index (χ2n) is 8.23. The second-order valence-corrected chi connectivity index (χ2v) is 8.23. The number of benzene rings is 2. The van der Waals surface area contributed by atoms with Crippen molar-refractivity contribution in [2.75, 3.05) is 32.2 Å². The summed E-state index contributed by atoms with van der Waals surface area (Å²) in [6.45, 7) is 1.31. The molecule has 14 nitrogen and oxygen atoms in total. The van der Waals surface area contributed by atoms with E-state index >= 15 is 4.39 Å². The molecule has 2 aromatic heterocycles. The van der Waals surface area contributed by atoms with Gasteiger partial charge in [0.05, 0.1) is 20.3 Å². The molecule has 0 aliphatic rings. The number of aliphatic hydroxyl groups is 1. The van der Waals surface area contributed by atoms with Gasteiger partial charge >= 0.3 is 11.8 Å². The van der Waals surface area contributed by atoms with Gasteiger partial charge in [0.1, 0.15) is 24.2 Å². The summed E-state index contributed by atoms with van der Waals surface area (Å²) in [6, 6.07) is 9.68. The molecular formula is C26H27FN8O6. The van der Waals surface area contributed by atoms with Gasteiger partial charge in [-0.15, -0.1) is 9.78 Å². The van der Waals surface area contributed by atoms with Crippen LogP contribution in [-0.2, 0) is 4.74 Å². The molecule has 0 saturated heterocycles. The Kier molecular flexibility index (Phi) is 9.21. The molecule has 0 bridgehead atoms. The van der Waals surface area contributed by atoms with Crippen LogP contribution in [0.25, 0.3) is 5.95 Å². The Labute approximate surface area is 232 Å². The number of carbonyl (C=O) groups is 1. The Morgan fingerprint density at radius 1 is 1.24 bits per heavy atom. The molecule has 15 heteroatoms. The fourth-order valence-corrected chi connectivity index (χ4v) is 3.70. The number of anilines is 1. The summed E-state index contributed by atoms with van der Waals surface area (Å²) in [5.74, 6) is -0.709. The third-order valence-electron chi connectivity index (χ3n) is 5.56. The topological polar surface area (TPSA) is 192 Å². The average molecular weight is 567 g/mol. The lowest BCUT2D eigenvalue weighted by Gasteiger charge is -2.21. The quantitative estimate of drug-likeness (QED) is 0.153. The number of aromatic nitrogens is 5. The minimum atomic E-state index is -1.09. The van der Waals surface area contributed by atoms with Gasteiger partial charge in [0.2, 0.25) is 0 Å². The van der Waals surface area contributed by atoms with E-state index in [1.807, 2.05) is 0 Å². The average Bonchev–Trinajstić information content (AvgIpc) is 3.37. The number of aliphatic hydroxyl groups excluding tert-OH is 1. The highest BCUT2D eigenvalue weighted by molar-refractivity contribution is 6.02. The van der Waals surface area contributed by atoms with Crippen molar-refractivity contribution in [3.63, 3.8) is 0 Å². The number of amides is 1. The maximum absolute atomic E-state index is 15.8. The molecule has 0 spiro atoms. The molecular weight excluding hydrogens is 539 g/mol. The highest BCUT2D eigenvalue weighted by atomic mass is 19.1. The molecule has 0 aliphatic carbocycles. The van der Waals surface area contributed by atoms with Crippen molar-refractivity contribution in [3.8, 4) is 17.4 Å². The zero-order valence-corrected chi connectivity index (χ0v) is 22.1. The first-order valence-corrected chi connectivity index (χ1v) is 12.3. The molecule has 214 valence electrons. The van der Waals surface area contributed by atoms with E-state index in [0.717, 1.165) is 4.68 Å². The lowest BCUT2D eigenvalue weighted by Crippen LogP contribution is -2.18. The van der Waals surface area contributed by atoms with Crippen molar-refractivity contribution in [1.82, 2.24) is 24.7 Å². The van der Waals surface area contributed by atoms with Crippen LogP contribution in [0.4, 0.5) is 14.9 Å². The van der Waals surface area contributed by atoms with Crippen molar-refractivity contribution in [1.29, 1.82) is 0 Å². The summed E-state index contributed by atoms with van der Waals surface area (Å²) in [7, 11) is 1.40. The summed E-state index contributed by atoms with van der Waals surface area (Å²) < 4.78 is 32.2. The molecule has 2 aromatic carbocycles. The molecule has 0 unspecified atom stereocenters. The van der Waals surface area contributed by atoms with E-state index in [2.05, 4.69) is 30.4 Å². The van der Waals surface area contributed by atoms with Crippen LogP contribution >= 0.6 is 0 Å². The number of halogens is 1. The van der Waals surface area contributed by atoms with Gasteiger partial charge in [-0.3, -0.25) is 4.98 Å². The van der Waals surface area contributed by atoms with Crippen LogP contribution in [0.1, 0.15) is 29.9 Å². The standard InChI is InChI=1S/C26H27FN8O6/c1-3-40-26(38)32-22(28)15-5-7-16(8-6-15)31-21(18-13-17(39-2)14-19(20(18)27)41-12-11-36)23-33-25(37)35(34-23)24-29-9-4-10-30-24/h4-10,13-14,21,31,36H,3,11-12H2,1-2H3,(H2,28,32,38)(H,33,34,37)/t21-/m0/s1. The van der Waals surface area contributed by atoms with Crippen molar-refractivity contribution in [2.24, 2.45) is 10.7 Å². The Hall–Kier alpha value is -5.31. The maximum Gasteiger partial charge on any atom is 0.435 e. The fraction of sp³-hybridized carbons (Fsp3) is 0.231. The first kappa shape index (κ1) is 28.7. The Balaban J connectivity index is 1.77. The normalized spacial score (nSPS) is 12.0. The van der Waals surface area contributed by atoms with Crippen LogP contribution in [0.15, 0.2) is 64.6 Å². The van der Waals surface area contributed by atoms with Crippen molar-refractivity contribution < 1.29 is 28.5 Å². The predicted octanol–water partition coefficient (Wildman–Crippen LogP) is 1.93. The van der Waals surface area contributed by atoms with Crippen molar-refractivity contribution >= 4 is 17.6 Å². The minimum Gasteiger partial charge on any atom is -0.497 e. The molecule has 2 heterocycles. The van der Waals surface area contributed by atoms with Crippen molar-refractivity contribution in [2.45, 2.75) is 13.0 Å². The number of rotatable bonds is 11. The molecule has 1 atom stereocenters. The van der Waals surface area contributed by atoms with Crippen LogP contribution in [0.2, 0.25) is 0 Å². The van der Waals surface area contributed by atoms with Gasteiger partial charge in [0, 0.05) is 35.3 Å². The number of nitrogens with zero attached hydrogens (tertiary/aromatic N) is 5. The second kappa shape index (κ2) is 13.2. The summed E-state index contributed by atoms with van der Waals surface area (Å²) in [5.41, 5.74) is 6.17. The number of aliphatic imine (C=N–C) groups is 1. The monoisotopic (exact) mass is 566 g/mol. The summed E-state index contributed by atoms with van der Waals surface area (Å²) in [6.07, 6.45) is 2.08. The van der Waals surface area contributed by atoms with E-state index in [0.29, 0.717) is 11.3 Å². The molecule has 0 fully saturated rings. The van der Waals surface area contributed by atoms with Gasteiger partial charge in [-0.1, -0.05) is 0 Å². The van der Waals surface area contributed by atoms with Gasteiger partial charge in [-0.2, -0.15) is 4.99 Å². The Morgan fingerprint density at radius 3 is 2.63 bits per heavy atom. The van der Waals surface area contributed by atoms with E-state index in [1.54, 1.807) is 37.3 Å². The fourth-order valence-electron chi connectivity index (χ4n) is 3.70. The Bertz CT molecular complexity index is 1570. The van der Waals surface area contributed by atoms with Crippen LogP contribution in [0.5, 0.6) is 11.5 Å². The van der Waals surface area contributed by atoms with Gasteiger partial charge < -0.3 is 30.4 Å². The van der Waals surface area contributed by atoms with Crippen LogP contribution in [0, 0.1) is 5.82 Å². The van der Waals surface area contributed by atoms with E-state index in [-0.39, 0.29) is 54.5 Å². The van der Waals surface area contributed by atoms with E-state index in [4.69, 9.17) is 19.9 Å². The van der Waals surface area contributed by atoms with Gasteiger partial charge in [0.15, 0.2) is 17.4 Å². The number of amidine groups is 1. The molecule has 5 N–H and O–H groups in total. The first-order chi connectivity index (χ1) is 19.8. The third-order valence-corrected chi connectivity index (χ3v) is 5.56. The van der Waals surface area contributed by atoms with Gasteiger partial charge in [-0.05, 0) is 43.3 Å². The van der Waals surface area contributed by atoms with E-state index < -0.39 is 23.6 Å². The number of nitrogens with one attached hydrogen (secondary N) is 2. The number of ether oxygens (including phenoxy) is 3. The summed E-state index contributed by atoms with van der Waals surface area (Å²) in [4.78, 5) is 38.8. The largest absolute Gasteiger partial charge is 0.497 e. The van der Waals surface area contributed by atoms with Crippen LogP contribution < -0.4 is 26.2 Å². The maximum atomic E-state index is 15.8. The lowest BCUT2D eigenvalue weighted by atomic mass is 10.0. The molecule has 0 radical (unpaired) electrons. The number of hydrogen-bond acceptors (Lipinski definition) is 10. The number of hydrogen-bond donors (Lipinski definition) is 4. The van der Waals surface area contributed by atoms with Gasteiger partial charge in [0.25, 0.3) is 5.95 Å². The van der Waals surface area contributed by atoms with Gasteiger partial charge in [-0.25, -0.2) is 23.9 Å². The smallest absolute Gasteiger partial charge is 0.435 e. The molecule has 0 saturated carbocycles. The number of carbonyl (C=O) groups excluding carboxylic acids is 1. The zero-order valence-electron chi connectivity index (χ0n) is 22.1. The number of methoxy groups -OCH3 is 1. The molecule has 4 rings (SSSR count). The first-order valence-electron chi connectivity index (χ1n) is 12.3. The Morgan fingerprint density at radius 2 is 1.98 bits per heavy atom. The molecule has 0 aliphatic heterocycles. The summed E-state index contributed by atoms with van der Waals surface area (Å²) in [5, 5.41) is 16.6. The number of H-pyrrole nitrogens is 1. The third kappa shape index (κ3) is 6.83. The molecule has 1 amide bonds. The van der Waals surface area contributed by atoms with Crippen LogP contribution in [-0.4, -0.2) is 68.7 Å². The van der Waals surface area contributed by atoms with E-state index in [9.17, 15) is 14.7 Å². The highest BCUT2D eigenvalue weighted by Crippen LogP contribution is 2.35. The molecule has 4 aromatic rings. The number of aromatic amines is 1. The SMILES string of the molecule is CCOC(=O)N=C(N)c1ccc(N[C@H](c2nn(-c3ncccn3)c(=O)[nH]2)c2cc(OC)cc(OCCO)c2F)cc1. The summed E-state index contributed by atoms with van der Waals surface area (Å²) >= 11 is 0. The van der Waals surface area contributed by atoms with Crippen LogP contribution in [0.3, 0.4) is 0 Å². The number of nitrogens with two attached hydrogens (primary N) is 1. The zero-order chi connectivity index (χ0) is 29.4. The molecule has 41 heavy (non-hydrogen) atoms. The van der Waals surface area contributed by atoms with E-state index in [1.165, 1.54) is 31.6 Å². The predicted molar refractivity (Wildman–Crippen MR) is 145 cm³/mol. The minimum absolute atomic E-state index is 0.0116. The van der Waals surface area contributed by atoms with Crippen molar-refractivity contribution in [3.05, 3.63) is 88.1 Å². The highest BCUT2D eigenvalue weighted by Gasteiger charge is 2.27. The lowest BCUT2D eigenvalue weighted by molar-refractivity contribution is 0.163.